The predicted molar refractivity (Wildman–Crippen MR) is 93.1 cm³/mol. The largest absolute Gasteiger partial charge is 0.253 e. The summed E-state index contributed by atoms with van der Waals surface area (Å²) in [4.78, 5) is 4.45. The van der Waals surface area contributed by atoms with Gasteiger partial charge in [-0.25, -0.2) is 9.37 Å². The summed E-state index contributed by atoms with van der Waals surface area (Å²) in [5.41, 5.74) is 5.64. The molecule has 0 amide bonds. The zero-order chi connectivity index (χ0) is 16.1. The van der Waals surface area contributed by atoms with Crippen molar-refractivity contribution in [2.45, 2.75) is 0 Å². The molecule has 0 unspecified atom stereocenters. The van der Waals surface area contributed by atoms with E-state index in [1.807, 2.05) is 35.7 Å². The summed E-state index contributed by atoms with van der Waals surface area (Å²) in [6.07, 6.45) is 6.71. The standard InChI is InChI=1S/C18H12FN3S/c1-2-14-9-8-13(10-16(14)19)11-20-22-18-21-17(12-23-18)15-6-4-3-5-7-15/h1,3-12H,(H,21,22). The number of terminal acetylenes is 1. The Bertz CT molecular complexity index is 879. The van der Waals surface area contributed by atoms with Crippen LogP contribution in [0.3, 0.4) is 0 Å². The summed E-state index contributed by atoms with van der Waals surface area (Å²) in [7, 11) is 0. The third-order valence-corrected chi connectivity index (χ3v) is 3.84. The number of hydrogen-bond acceptors (Lipinski definition) is 4. The van der Waals surface area contributed by atoms with E-state index < -0.39 is 5.82 Å². The molecule has 0 aliphatic heterocycles. The molecule has 3 nitrogen and oxygen atoms in total. The first kappa shape index (κ1) is 14.9. The lowest BCUT2D eigenvalue weighted by molar-refractivity contribution is 0.624. The SMILES string of the molecule is C#Cc1ccc(C=NNc2nc(-c3ccccc3)cs2)cc1F. The van der Waals surface area contributed by atoms with E-state index in [4.69, 9.17) is 6.42 Å². The Morgan fingerprint density at radius 1 is 1.22 bits per heavy atom. The van der Waals surface area contributed by atoms with Crippen LogP contribution in [-0.2, 0) is 0 Å². The molecule has 0 aliphatic rings. The summed E-state index contributed by atoms with van der Waals surface area (Å²) >= 11 is 1.45. The highest BCUT2D eigenvalue weighted by Gasteiger charge is 2.03. The molecule has 0 saturated carbocycles. The first-order valence-corrected chi connectivity index (χ1v) is 7.70. The van der Waals surface area contributed by atoms with Crippen molar-refractivity contribution in [2.24, 2.45) is 5.10 Å². The molecule has 1 heterocycles. The van der Waals surface area contributed by atoms with Crippen molar-refractivity contribution in [2.75, 3.05) is 5.43 Å². The van der Waals surface area contributed by atoms with Gasteiger partial charge in [-0.1, -0.05) is 42.3 Å². The fraction of sp³-hybridized carbons (Fsp3) is 0. The van der Waals surface area contributed by atoms with E-state index in [2.05, 4.69) is 21.4 Å². The van der Waals surface area contributed by atoms with Gasteiger partial charge in [-0.15, -0.1) is 17.8 Å². The maximum Gasteiger partial charge on any atom is 0.203 e. The van der Waals surface area contributed by atoms with Gasteiger partial charge < -0.3 is 0 Å². The second-order valence-corrected chi connectivity index (χ2v) is 5.52. The van der Waals surface area contributed by atoms with Gasteiger partial charge in [0.05, 0.1) is 17.5 Å². The first-order valence-electron chi connectivity index (χ1n) is 6.82. The Morgan fingerprint density at radius 3 is 2.78 bits per heavy atom. The highest BCUT2D eigenvalue weighted by Crippen LogP contribution is 2.24. The molecule has 0 radical (unpaired) electrons. The lowest BCUT2D eigenvalue weighted by atomic mass is 10.1. The van der Waals surface area contributed by atoms with Crippen molar-refractivity contribution in [3.05, 3.63) is 70.9 Å². The molecule has 0 saturated heterocycles. The van der Waals surface area contributed by atoms with Crippen LogP contribution in [0.1, 0.15) is 11.1 Å². The van der Waals surface area contributed by atoms with Gasteiger partial charge in [0.25, 0.3) is 0 Å². The number of rotatable bonds is 4. The van der Waals surface area contributed by atoms with Gasteiger partial charge in [-0.2, -0.15) is 5.10 Å². The van der Waals surface area contributed by atoms with Crippen LogP contribution in [0.2, 0.25) is 0 Å². The third kappa shape index (κ3) is 3.62. The number of anilines is 1. The number of aromatic nitrogens is 1. The highest BCUT2D eigenvalue weighted by molar-refractivity contribution is 7.14. The lowest BCUT2D eigenvalue weighted by Crippen LogP contribution is -1.92. The molecule has 2 aromatic carbocycles. The zero-order valence-electron chi connectivity index (χ0n) is 12.0. The van der Waals surface area contributed by atoms with Gasteiger partial charge in [0.15, 0.2) is 0 Å². The van der Waals surface area contributed by atoms with Crippen molar-refractivity contribution in [3.8, 4) is 23.6 Å². The zero-order valence-corrected chi connectivity index (χ0v) is 12.8. The van der Waals surface area contributed by atoms with E-state index in [9.17, 15) is 4.39 Å². The summed E-state index contributed by atoms with van der Waals surface area (Å²) in [5.74, 6) is 1.85. The average molecular weight is 321 g/mol. The molecule has 0 atom stereocenters. The number of nitrogens with one attached hydrogen (secondary N) is 1. The monoisotopic (exact) mass is 321 g/mol. The van der Waals surface area contributed by atoms with Crippen molar-refractivity contribution >= 4 is 22.7 Å². The molecule has 0 fully saturated rings. The van der Waals surface area contributed by atoms with Crippen LogP contribution >= 0.6 is 11.3 Å². The van der Waals surface area contributed by atoms with Crippen LogP contribution in [-0.4, -0.2) is 11.2 Å². The average Bonchev–Trinajstić information content (AvgIpc) is 3.05. The topological polar surface area (TPSA) is 37.3 Å². The van der Waals surface area contributed by atoms with Gasteiger partial charge in [0.1, 0.15) is 5.82 Å². The van der Waals surface area contributed by atoms with Gasteiger partial charge in [0, 0.05) is 10.9 Å². The summed E-state index contributed by atoms with van der Waals surface area (Å²) in [6, 6.07) is 14.5. The molecule has 3 aromatic rings. The van der Waals surface area contributed by atoms with Crippen molar-refractivity contribution in [1.82, 2.24) is 4.98 Å². The van der Waals surface area contributed by atoms with Crippen molar-refractivity contribution in [1.29, 1.82) is 0 Å². The molecule has 1 aromatic heterocycles. The molecule has 1 N–H and O–H groups in total. The predicted octanol–water partition coefficient (Wildman–Crippen LogP) is 4.38. The molecule has 0 bridgehead atoms. The molecule has 5 heteroatoms. The van der Waals surface area contributed by atoms with Crippen LogP contribution in [0, 0.1) is 18.2 Å². The van der Waals surface area contributed by atoms with Crippen LogP contribution in [0.5, 0.6) is 0 Å². The number of hydrazone groups is 1. The van der Waals surface area contributed by atoms with Crippen LogP contribution in [0.15, 0.2) is 59.0 Å². The minimum atomic E-state index is -0.433. The lowest BCUT2D eigenvalue weighted by Gasteiger charge is -1.97. The maximum atomic E-state index is 13.6. The van der Waals surface area contributed by atoms with E-state index in [0.717, 1.165) is 11.3 Å². The minimum absolute atomic E-state index is 0.238. The molecule has 3 rings (SSSR count). The fourth-order valence-corrected chi connectivity index (χ4v) is 2.63. The van der Waals surface area contributed by atoms with Gasteiger partial charge >= 0.3 is 0 Å². The van der Waals surface area contributed by atoms with E-state index in [1.54, 1.807) is 12.1 Å². The fourth-order valence-electron chi connectivity index (χ4n) is 1.96. The number of hydrogen-bond donors (Lipinski definition) is 1. The highest BCUT2D eigenvalue weighted by atomic mass is 32.1. The van der Waals surface area contributed by atoms with Crippen molar-refractivity contribution in [3.63, 3.8) is 0 Å². The smallest absolute Gasteiger partial charge is 0.203 e. The number of benzene rings is 2. The Morgan fingerprint density at radius 2 is 2.04 bits per heavy atom. The summed E-state index contributed by atoms with van der Waals surface area (Å²) in [5, 5.41) is 6.69. The van der Waals surface area contributed by atoms with E-state index >= 15 is 0 Å². The molecule has 0 aliphatic carbocycles. The molecule has 23 heavy (non-hydrogen) atoms. The summed E-state index contributed by atoms with van der Waals surface area (Å²) < 4.78 is 13.6. The second-order valence-electron chi connectivity index (χ2n) is 4.66. The molecule has 112 valence electrons. The second kappa shape index (κ2) is 6.86. The number of nitrogens with zero attached hydrogens (tertiary/aromatic N) is 2. The Balaban J connectivity index is 1.68. The number of thiazole rings is 1. The number of halogens is 1. The van der Waals surface area contributed by atoms with E-state index in [0.29, 0.717) is 10.7 Å². The Kier molecular flexibility index (Phi) is 4.46. The van der Waals surface area contributed by atoms with Crippen molar-refractivity contribution < 1.29 is 4.39 Å². The van der Waals surface area contributed by atoms with Crippen LogP contribution in [0.25, 0.3) is 11.3 Å². The van der Waals surface area contributed by atoms with Crippen LogP contribution < -0.4 is 5.43 Å². The molecule has 0 spiro atoms. The van der Waals surface area contributed by atoms with Gasteiger partial charge in [0.2, 0.25) is 5.13 Å². The minimum Gasteiger partial charge on any atom is -0.253 e. The maximum absolute atomic E-state index is 13.6. The normalized spacial score (nSPS) is 10.6. The Labute approximate surface area is 137 Å². The van der Waals surface area contributed by atoms with E-state index in [-0.39, 0.29) is 5.56 Å². The molecular weight excluding hydrogens is 309 g/mol. The quantitative estimate of drug-likeness (QED) is 0.440. The van der Waals surface area contributed by atoms with E-state index in [1.165, 1.54) is 23.6 Å². The van der Waals surface area contributed by atoms with Gasteiger partial charge in [-0.3, -0.25) is 5.43 Å². The van der Waals surface area contributed by atoms with Crippen LogP contribution in [0.4, 0.5) is 9.52 Å². The third-order valence-electron chi connectivity index (χ3n) is 3.10. The first-order chi connectivity index (χ1) is 11.3. The Hall–Kier alpha value is -2.97. The summed E-state index contributed by atoms with van der Waals surface area (Å²) in [6.45, 7) is 0. The molecular formula is C18H12FN3S. The van der Waals surface area contributed by atoms with Gasteiger partial charge in [-0.05, 0) is 17.7 Å².